The van der Waals surface area contributed by atoms with Gasteiger partial charge >= 0.3 is 0 Å². The van der Waals surface area contributed by atoms with Gasteiger partial charge in [0.1, 0.15) is 28.0 Å². The van der Waals surface area contributed by atoms with Gasteiger partial charge in [-0.2, -0.15) is 0 Å². The zero-order chi connectivity index (χ0) is 20.4. The lowest BCUT2D eigenvalue weighted by atomic mass is 10.3. The first kappa shape index (κ1) is 19.6. The number of fused-ring (bicyclic) bond motifs is 1. The van der Waals surface area contributed by atoms with Crippen molar-refractivity contribution in [1.29, 1.82) is 0 Å². The average Bonchev–Trinajstić information content (AvgIpc) is 3.34. The lowest BCUT2D eigenvalue weighted by molar-refractivity contribution is -0.116. The van der Waals surface area contributed by atoms with Crippen molar-refractivity contribution in [3.05, 3.63) is 73.0 Å². The first-order valence-corrected chi connectivity index (χ1v) is 10.7. The summed E-state index contributed by atoms with van der Waals surface area (Å²) in [5.74, 6) is 0.769. The molecule has 7 nitrogen and oxygen atoms in total. The van der Waals surface area contributed by atoms with Crippen molar-refractivity contribution in [2.24, 2.45) is 0 Å². The van der Waals surface area contributed by atoms with Crippen molar-refractivity contribution in [3.63, 3.8) is 0 Å². The van der Waals surface area contributed by atoms with Crippen LogP contribution in [0.5, 0.6) is 5.75 Å². The molecule has 1 N–H and O–H groups in total. The molecule has 0 aliphatic heterocycles. The minimum Gasteiger partial charge on any atom is -0.486 e. The van der Waals surface area contributed by atoms with Crippen LogP contribution >= 0.6 is 34.3 Å². The molecule has 0 saturated carbocycles. The number of aryl methyl sites for hydroxylation is 1. The SMILES string of the molecule is Cc1nc2sccc2c(=O)n1NC(=O)Cc1csc(COc2ccc(Cl)cc2)n1. The van der Waals surface area contributed by atoms with Crippen LogP contribution in [-0.2, 0) is 17.8 Å². The number of rotatable bonds is 6. The maximum absolute atomic E-state index is 12.5. The number of hydrogen-bond acceptors (Lipinski definition) is 7. The maximum Gasteiger partial charge on any atom is 0.281 e. The summed E-state index contributed by atoms with van der Waals surface area (Å²) in [6, 6.07) is 8.76. The van der Waals surface area contributed by atoms with Gasteiger partial charge in [-0.3, -0.25) is 15.0 Å². The second-order valence-electron chi connectivity index (χ2n) is 6.13. The highest BCUT2D eigenvalue weighted by atomic mass is 35.5. The fourth-order valence-electron chi connectivity index (χ4n) is 2.65. The highest BCUT2D eigenvalue weighted by Crippen LogP contribution is 2.18. The summed E-state index contributed by atoms with van der Waals surface area (Å²) >= 11 is 8.65. The molecule has 0 fully saturated rings. The first-order chi connectivity index (χ1) is 14.0. The zero-order valence-electron chi connectivity index (χ0n) is 15.2. The van der Waals surface area contributed by atoms with Gasteiger partial charge in [-0.1, -0.05) is 11.6 Å². The minimum absolute atomic E-state index is 0.0466. The number of nitrogens with zero attached hydrogens (tertiary/aromatic N) is 3. The topological polar surface area (TPSA) is 86.1 Å². The van der Waals surface area contributed by atoms with E-state index in [1.165, 1.54) is 27.3 Å². The van der Waals surface area contributed by atoms with Gasteiger partial charge in [0.15, 0.2) is 0 Å². The highest BCUT2D eigenvalue weighted by molar-refractivity contribution is 7.16. The number of hydrogen-bond donors (Lipinski definition) is 1. The molecule has 0 aliphatic carbocycles. The summed E-state index contributed by atoms with van der Waals surface area (Å²) in [4.78, 5) is 34.3. The lowest BCUT2D eigenvalue weighted by Crippen LogP contribution is -2.36. The molecule has 0 spiro atoms. The molecule has 0 unspecified atom stereocenters. The third-order valence-corrected chi connectivity index (χ3v) is 5.95. The third-order valence-electron chi connectivity index (χ3n) is 4.02. The van der Waals surface area contributed by atoms with E-state index in [9.17, 15) is 9.59 Å². The van der Waals surface area contributed by atoms with Gasteiger partial charge in [-0.25, -0.2) is 14.6 Å². The van der Waals surface area contributed by atoms with E-state index in [1.54, 1.807) is 48.0 Å². The summed E-state index contributed by atoms with van der Waals surface area (Å²) in [7, 11) is 0. The molecule has 148 valence electrons. The summed E-state index contributed by atoms with van der Waals surface area (Å²) in [5.41, 5.74) is 2.92. The van der Waals surface area contributed by atoms with Crippen molar-refractivity contribution in [1.82, 2.24) is 14.6 Å². The number of carbonyl (C=O) groups excluding carboxylic acids is 1. The highest BCUT2D eigenvalue weighted by Gasteiger charge is 2.13. The Kier molecular flexibility index (Phi) is 5.61. The number of thiophene rings is 1. The standard InChI is InChI=1S/C19H15ClN4O3S2/c1-11-21-18-15(6-7-28-18)19(26)24(11)23-16(25)8-13-10-29-17(22-13)9-27-14-4-2-12(20)3-5-14/h2-7,10H,8-9H2,1H3,(H,23,25). The van der Waals surface area contributed by atoms with E-state index in [2.05, 4.69) is 15.4 Å². The Balaban J connectivity index is 1.39. The van der Waals surface area contributed by atoms with E-state index in [4.69, 9.17) is 16.3 Å². The zero-order valence-corrected chi connectivity index (χ0v) is 17.6. The molecule has 10 heteroatoms. The largest absolute Gasteiger partial charge is 0.486 e. The molecule has 0 atom stereocenters. The van der Waals surface area contributed by atoms with Gasteiger partial charge in [0, 0.05) is 10.4 Å². The summed E-state index contributed by atoms with van der Waals surface area (Å²) in [5, 5.41) is 5.47. The monoisotopic (exact) mass is 446 g/mol. The quantitative estimate of drug-likeness (QED) is 0.487. The van der Waals surface area contributed by atoms with Crippen molar-refractivity contribution in [2.75, 3.05) is 5.43 Å². The van der Waals surface area contributed by atoms with Crippen LogP contribution in [0.25, 0.3) is 10.2 Å². The Bertz CT molecular complexity index is 1230. The Labute approximate surface area is 178 Å². The van der Waals surface area contributed by atoms with Crippen molar-refractivity contribution in [3.8, 4) is 5.75 Å². The van der Waals surface area contributed by atoms with E-state index < -0.39 is 0 Å². The average molecular weight is 447 g/mol. The van der Waals surface area contributed by atoms with Crippen LogP contribution < -0.4 is 15.7 Å². The number of halogens is 1. The molecular formula is C19H15ClN4O3S2. The van der Waals surface area contributed by atoms with Crippen LogP contribution in [0.3, 0.4) is 0 Å². The Hall–Kier alpha value is -2.75. The Morgan fingerprint density at radius 1 is 1.21 bits per heavy atom. The van der Waals surface area contributed by atoms with Crippen LogP contribution in [-0.4, -0.2) is 20.6 Å². The van der Waals surface area contributed by atoms with Crippen LogP contribution in [0.4, 0.5) is 0 Å². The first-order valence-electron chi connectivity index (χ1n) is 8.58. The predicted octanol–water partition coefficient (Wildman–Crippen LogP) is 3.77. The number of thiazole rings is 1. The molecular weight excluding hydrogens is 432 g/mol. The van der Waals surface area contributed by atoms with Crippen molar-refractivity contribution in [2.45, 2.75) is 20.0 Å². The molecule has 0 radical (unpaired) electrons. The number of nitrogens with one attached hydrogen (secondary N) is 1. The fourth-order valence-corrected chi connectivity index (χ4v) is 4.28. The van der Waals surface area contributed by atoms with E-state index in [-0.39, 0.29) is 17.9 Å². The number of benzene rings is 1. The van der Waals surface area contributed by atoms with E-state index in [1.807, 2.05) is 0 Å². The van der Waals surface area contributed by atoms with Gasteiger partial charge in [0.25, 0.3) is 5.56 Å². The molecule has 4 rings (SSSR count). The van der Waals surface area contributed by atoms with Gasteiger partial charge in [-0.15, -0.1) is 22.7 Å². The summed E-state index contributed by atoms with van der Waals surface area (Å²) < 4.78 is 6.84. The normalized spacial score (nSPS) is 11.0. The number of aromatic nitrogens is 3. The minimum atomic E-state index is -0.345. The van der Waals surface area contributed by atoms with Gasteiger partial charge in [-0.05, 0) is 42.6 Å². The van der Waals surface area contributed by atoms with Crippen molar-refractivity contribution >= 4 is 50.4 Å². The van der Waals surface area contributed by atoms with Crippen molar-refractivity contribution < 1.29 is 9.53 Å². The molecule has 0 saturated heterocycles. The maximum atomic E-state index is 12.5. The van der Waals surface area contributed by atoms with Gasteiger partial charge in [0.2, 0.25) is 5.91 Å². The van der Waals surface area contributed by atoms with E-state index in [0.717, 1.165) is 5.01 Å². The molecule has 3 aromatic heterocycles. The second-order valence-corrected chi connectivity index (χ2v) is 8.40. The number of carbonyl (C=O) groups is 1. The van der Waals surface area contributed by atoms with E-state index in [0.29, 0.717) is 39.1 Å². The molecule has 4 aromatic rings. The van der Waals surface area contributed by atoms with E-state index >= 15 is 0 Å². The molecule has 0 bridgehead atoms. The Morgan fingerprint density at radius 2 is 2.00 bits per heavy atom. The third kappa shape index (κ3) is 4.47. The predicted molar refractivity (Wildman–Crippen MR) is 115 cm³/mol. The molecule has 1 amide bonds. The Morgan fingerprint density at radius 3 is 2.79 bits per heavy atom. The molecule has 3 heterocycles. The smallest absolute Gasteiger partial charge is 0.281 e. The van der Waals surface area contributed by atoms with Gasteiger partial charge < -0.3 is 4.74 Å². The number of ether oxygens (including phenoxy) is 1. The lowest BCUT2D eigenvalue weighted by Gasteiger charge is -2.10. The van der Waals surface area contributed by atoms with Crippen LogP contribution in [0.2, 0.25) is 5.02 Å². The molecule has 29 heavy (non-hydrogen) atoms. The summed E-state index contributed by atoms with van der Waals surface area (Å²) in [6.07, 6.45) is 0.0466. The fraction of sp³-hybridized carbons (Fsp3) is 0.158. The number of amides is 1. The van der Waals surface area contributed by atoms with Crippen LogP contribution in [0, 0.1) is 6.92 Å². The molecule has 0 aliphatic rings. The molecule has 1 aromatic carbocycles. The van der Waals surface area contributed by atoms with Crippen LogP contribution in [0.15, 0.2) is 45.9 Å². The second kappa shape index (κ2) is 8.32. The van der Waals surface area contributed by atoms with Gasteiger partial charge in [0.05, 0.1) is 17.5 Å². The van der Waals surface area contributed by atoms with Crippen LogP contribution in [0.1, 0.15) is 16.5 Å². The summed E-state index contributed by atoms with van der Waals surface area (Å²) in [6.45, 7) is 1.97.